The maximum Gasteiger partial charge on any atom is 0.418 e. The fraction of sp³-hybridized carbons (Fsp3) is 0.714. The summed E-state index contributed by atoms with van der Waals surface area (Å²) < 4.78 is 45.6. The topological polar surface area (TPSA) is 157 Å². The minimum absolute atomic E-state index is 0.150. The third-order valence-corrected chi connectivity index (χ3v) is 4.77. The standard InChI is InChI=1S/C14H22N4O7S/c15-12(13-5-10(24-17-13)8-23-11-6-16-7-11)3-1-9-2-4-14(19)18(9)25-26(20,21)22/h5,9,11-12,16H,1-4,6-8,15H2,(H,20,21,22)/t9-,12+/m1/s1. The van der Waals surface area contributed by atoms with Crippen LogP contribution >= 0.6 is 0 Å². The summed E-state index contributed by atoms with van der Waals surface area (Å²) in [5, 5.41) is 7.74. The van der Waals surface area contributed by atoms with E-state index in [1.165, 1.54) is 0 Å². The van der Waals surface area contributed by atoms with Crippen LogP contribution in [0, 0.1) is 0 Å². The zero-order valence-corrected chi connectivity index (χ0v) is 14.9. The zero-order chi connectivity index (χ0) is 18.7. The third kappa shape index (κ3) is 4.99. The van der Waals surface area contributed by atoms with Gasteiger partial charge in [0, 0.05) is 25.6 Å². The molecule has 2 aliphatic rings. The summed E-state index contributed by atoms with van der Waals surface area (Å²) >= 11 is 0. The van der Waals surface area contributed by atoms with Gasteiger partial charge in [-0.05, 0) is 19.3 Å². The van der Waals surface area contributed by atoms with E-state index in [1.54, 1.807) is 6.07 Å². The Kier molecular flexibility index (Phi) is 5.89. The van der Waals surface area contributed by atoms with Crippen molar-refractivity contribution in [3.63, 3.8) is 0 Å². The molecule has 0 spiro atoms. The monoisotopic (exact) mass is 390 g/mol. The number of aromatic nitrogens is 1. The van der Waals surface area contributed by atoms with Gasteiger partial charge in [-0.25, -0.2) is 0 Å². The van der Waals surface area contributed by atoms with Gasteiger partial charge < -0.3 is 20.3 Å². The van der Waals surface area contributed by atoms with Gasteiger partial charge in [-0.3, -0.25) is 9.35 Å². The molecule has 1 aromatic heterocycles. The summed E-state index contributed by atoms with van der Waals surface area (Å²) in [6.07, 6.45) is 1.59. The van der Waals surface area contributed by atoms with E-state index >= 15 is 0 Å². The molecule has 0 saturated carbocycles. The lowest BCUT2D eigenvalue weighted by molar-refractivity contribution is -0.157. The average molecular weight is 390 g/mol. The first-order valence-corrected chi connectivity index (χ1v) is 9.71. The van der Waals surface area contributed by atoms with Crippen molar-refractivity contribution < 1.29 is 31.3 Å². The smallest absolute Gasteiger partial charge is 0.368 e. The lowest BCUT2D eigenvalue weighted by Gasteiger charge is -2.26. The fourth-order valence-corrected chi connectivity index (χ4v) is 3.27. The summed E-state index contributed by atoms with van der Waals surface area (Å²) in [4.78, 5) is 11.7. The van der Waals surface area contributed by atoms with Crippen LogP contribution in [-0.4, -0.2) is 54.3 Å². The molecule has 0 aliphatic carbocycles. The van der Waals surface area contributed by atoms with E-state index in [1.807, 2.05) is 0 Å². The van der Waals surface area contributed by atoms with Crippen molar-refractivity contribution in [1.82, 2.24) is 15.5 Å². The predicted octanol–water partition coefficient (Wildman–Crippen LogP) is -0.332. The number of hydroxylamine groups is 2. The summed E-state index contributed by atoms with van der Waals surface area (Å²) in [6, 6.07) is 0.806. The van der Waals surface area contributed by atoms with Crippen molar-refractivity contribution in [2.75, 3.05) is 13.1 Å². The first kappa shape index (κ1) is 19.2. The molecule has 1 amide bonds. The molecule has 3 heterocycles. The van der Waals surface area contributed by atoms with E-state index in [0.717, 1.165) is 13.1 Å². The van der Waals surface area contributed by atoms with E-state index in [4.69, 9.17) is 19.5 Å². The van der Waals surface area contributed by atoms with Gasteiger partial charge in [0.2, 0.25) is 5.91 Å². The largest absolute Gasteiger partial charge is 0.418 e. The van der Waals surface area contributed by atoms with Gasteiger partial charge in [0.05, 0.1) is 18.2 Å². The summed E-state index contributed by atoms with van der Waals surface area (Å²) in [6.45, 7) is 1.96. The van der Waals surface area contributed by atoms with Gasteiger partial charge in [-0.15, -0.1) is 4.28 Å². The first-order valence-electron chi connectivity index (χ1n) is 8.34. The molecular weight excluding hydrogens is 368 g/mol. The number of ether oxygens (including phenoxy) is 1. The normalized spacial score (nSPS) is 22.6. The molecule has 2 fully saturated rings. The van der Waals surface area contributed by atoms with Crippen molar-refractivity contribution in [3.8, 4) is 0 Å². The Hall–Kier alpha value is -1.57. The Balaban J connectivity index is 1.49. The summed E-state index contributed by atoms with van der Waals surface area (Å²) in [7, 11) is -4.74. The molecule has 3 rings (SSSR count). The number of nitrogens with two attached hydrogens (primary N) is 1. The zero-order valence-electron chi connectivity index (χ0n) is 14.0. The molecule has 12 heteroatoms. The van der Waals surface area contributed by atoms with Crippen LogP contribution < -0.4 is 11.1 Å². The molecule has 11 nitrogen and oxygen atoms in total. The Bertz CT molecular complexity index is 733. The fourth-order valence-electron chi connectivity index (χ4n) is 2.86. The Morgan fingerprint density at radius 3 is 2.92 bits per heavy atom. The molecule has 0 bridgehead atoms. The van der Waals surface area contributed by atoms with E-state index < -0.39 is 28.4 Å². The Labute approximate surface area is 150 Å². The highest BCUT2D eigenvalue weighted by Gasteiger charge is 2.35. The number of nitrogens with zero attached hydrogens (tertiary/aromatic N) is 2. The minimum atomic E-state index is -4.74. The molecule has 4 N–H and O–H groups in total. The van der Waals surface area contributed by atoms with Crippen molar-refractivity contribution in [2.24, 2.45) is 5.73 Å². The number of amides is 1. The number of hydrogen-bond donors (Lipinski definition) is 3. The van der Waals surface area contributed by atoms with Crippen molar-refractivity contribution in [1.29, 1.82) is 0 Å². The van der Waals surface area contributed by atoms with E-state index in [9.17, 15) is 13.2 Å². The van der Waals surface area contributed by atoms with E-state index in [-0.39, 0.29) is 12.5 Å². The van der Waals surface area contributed by atoms with Gasteiger partial charge in [0.15, 0.2) is 5.76 Å². The number of carbonyl (C=O) groups excluding carboxylic acids is 1. The molecule has 146 valence electrons. The number of hydrogen-bond acceptors (Lipinski definition) is 9. The molecule has 0 unspecified atom stereocenters. The van der Waals surface area contributed by atoms with Gasteiger partial charge in [-0.2, -0.15) is 13.5 Å². The third-order valence-electron chi connectivity index (χ3n) is 4.42. The second-order valence-corrected chi connectivity index (χ2v) is 7.41. The van der Waals surface area contributed by atoms with Crippen LogP contribution in [-0.2, 0) is 30.8 Å². The van der Waals surface area contributed by atoms with Gasteiger partial charge in [-0.1, -0.05) is 5.16 Å². The van der Waals surface area contributed by atoms with Gasteiger partial charge in [0.25, 0.3) is 0 Å². The Morgan fingerprint density at radius 1 is 1.50 bits per heavy atom. The average Bonchev–Trinajstić information content (AvgIpc) is 3.11. The maximum atomic E-state index is 11.7. The highest BCUT2D eigenvalue weighted by molar-refractivity contribution is 7.80. The molecule has 0 radical (unpaired) electrons. The SMILES string of the molecule is N[C@@H](CC[C@@H]1CCC(=O)N1OS(=O)(=O)O)c1cc(COC2CNC2)on1. The minimum Gasteiger partial charge on any atom is -0.368 e. The van der Waals surface area contributed by atoms with Crippen LogP contribution in [0.5, 0.6) is 0 Å². The molecule has 26 heavy (non-hydrogen) atoms. The summed E-state index contributed by atoms with van der Waals surface area (Å²) in [5.74, 6) is 0.0854. The second-order valence-electron chi connectivity index (χ2n) is 6.41. The molecule has 2 atom stereocenters. The van der Waals surface area contributed by atoms with Crippen LogP contribution in [0.2, 0.25) is 0 Å². The van der Waals surface area contributed by atoms with Crippen LogP contribution in [0.3, 0.4) is 0 Å². The van der Waals surface area contributed by atoms with Crippen molar-refractivity contribution in [3.05, 3.63) is 17.5 Å². The number of carbonyl (C=O) groups is 1. The lowest BCUT2D eigenvalue weighted by Crippen LogP contribution is -2.48. The molecular formula is C14H22N4O7S. The number of rotatable bonds is 9. The van der Waals surface area contributed by atoms with Crippen molar-refractivity contribution in [2.45, 2.75) is 50.5 Å². The second kappa shape index (κ2) is 7.98. The van der Waals surface area contributed by atoms with Crippen LogP contribution in [0.25, 0.3) is 0 Å². The van der Waals surface area contributed by atoms with Crippen LogP contribution in [0.1, 0.15) is 43.2 Å². The highest BCUT2D eigenvalue weighted by atomic mass is 32.3. The first-order chi connectivity index (χ1) is 12.3. The van der Waals surface area contributed by atoms with Gasteiger partial charge >= 0.3 is 10.4 Å². The van der Waals surface area contributed by atoms with Crippen LogP contribution in [0.4, 0.5) is 0 Å². The highest BCUT2D eigenvalue weighted by Crippen LogP contribution is 2.27. The predicted molar refractivity (Wildman–Crippen MR) is 86.6 cm³/mol. The Morgan fingerprint density at radius 2 is 2.27 bits per heavy atom. The van der Waals surface area contributed by atoms with E-state index in [2.05, 4.69) is 14.8 Å². The number of nitrogens with one attached hydrogen (secondary N) is 1. The van der Waals surface area contributed by atoms with Crippen LogP contribution in [0.15, 0.2) is 10.6 Å². The van der Waals surface area contributed by atoms with E-state index in [0.29, 0.717) is 42.4 Å². The molecule has 2 saturated heterocycles. The van der Waals surface area contributed by atoms with Crippen molar-refractivity contribution >= 4 is 16.3 Å². The lowest BCUT2D eigenvalue weighted by atomic mass is 10.0. The molecule has 2 aliphatic heterocycles. The summed E-state index contributed by atoms with van der Waals surface area (Å²) in [5.41, 5.74) is 6.66. The van der Waals surface area contributed by atoms with Gasteiger partial charge in [0.1, 0.15) is 12.3 Å². The quantitative estimate of drug-likeness (QED) is 0.477. The molecule has 0 aromatic carbocycles. The molecule has 1 aromatic rings. The maximum absolute atomic E-state index is 11.7.